The lowest BCUT2D eigenvalue weighted by Crippen LogP contribution is -2.28. The van der Waals surface area contributed by atoms with Crippen molar-refractivity contribution >= 4 is 92.3 Å². The summed E-state index contributed by atoms with van der Waals surface area (Å²) >= 11 is 1.85. The van der Waals surface area contributed by atoms with E-state index >= 15 is 0 Å². The number of para-hydroxylation sites is 3. The summed E-state index contributed by atoms with van der Waals surface area (Å²) in [5.41, 5.74) is 17.5. The van der Waals surface area contributed by atoms with Crippen LogP contribution < -0.4 is 4.90 Å². The van der Waals surface area contributed by atoms with Gasteiger partial charge in [0.25, 0.3) is 0 Å². The molecule has 1 aliphatic carbocycles. The number of benzene rings is 11. The molecule has 3 heterocycles. The molecule has 0 saturated carbocycles. The minimum Gasteiger partial charge on any atom is -0.454 e. The number of furan rings is 1. The average Bonchev–Trinajstić information content (AvgIpc) is 4.18. The molecular formula is C67H42N2OS. The molecule has 71 heavy (non-hydrogen) atoms. The fraction of sp³-hybridized carbons (Fsp3) is 0.0149. The van der Waals surface area contributed by atoms with Gasteiger partial charge in [0.05, 0.1) is 22.1 Å². The fourth-order valence-corrected chi connectivity index (χ4v) is 13.1. The van der Waals surface area contributed by atoms with Gasteiger partial charge in [-0.3, -0.25) is 0 Å². The van der Waals surface area contributed by atoms with Gasteiger partial charge in [-0.2, -0.15) is 0 Å². The normalized spacial score (nSPS) is 12.9. The van der Waals surface area contributed by atoms with Crippen LogP contribution in [-0.2, 0) is 5.41 Å². The van der Waals surface area contributed by atoms with Crippen LogP contribution in [0.25, 0.3) is 91.9 Å². The lowest BCUT2D eigenvalue weighted by molar-refractivity contribution is 0.669. The van der Waals surface area contributed by atoms with Gasteiger partial charge in [0.1, 0.15) is 5.58 Å². The number of anilines is 3. The van der Waals surface area contributed by atoms with E-state index in [0.717, 1.165) is 55.8 Å². The third-order valence-corrected chi connectivity index (χ3v) is 16.2. The Bertz CT molecular complexity index is 4370. The van der Waals surface area contributed by atoms with Crippen molar-refractivity contribution in [3.8, 4) is 27.9 Å². The monoisotopic (exact) mass is 922 g/mol. The first-order chi connectivity index (χ1) is 35.2. The fourth-order valence-electron chi connectivity index (χ4n) is 12.0. The number of hydrogen-bond acceptors (Lipinski definition) is 3. The van der Waals surface area contributed by atoms with Crippen LogP contribution in [0.2, 0.25) is 0 Å². The van der Waals surface area contributed by atoms with Crippen LogP contribution in [0.3, 0.4) is 0 Å². The van der Waals surface area contributed by atoms with Crippen LogP contribution in [0.4, 0.5) is 17.1 Å². The molecule has 15 rings (SSSR count). The predicted molar refractivity (Wildman–Crippen MR) is 298 cm³/mol. The van der Waals surface area contributed by atoms with E-state index in [1.54, 1.807) is 0 Å². The Kier molecular flexibility index (Phi) is 8.74. The van der Waals surface area contributed by atoms with Crippen LogP contribution in [-0.4, -0.2) is 4.57 Å². The number of aromatic nitrogens is 1. The molecular weight excluding hydrogens is 881 g/mol. The van der Waals surface area contributed by atoms with Crippen LogP contribution in [0.5, 0.6) is 0 Å². The van der Waals surface area contributed by atoms with E-state index in [4.69, 9.17) is 4.42 Å². The molecule has 14 aromatic rings. The molecule has 0 N–H and O–H groups in total. The van der Waals surface area contributed by atoms with Gasteiger partial charge in [0.2, 0.25) is 0 Å². The highest BCUT2D eigenvalue weighted by Crippen LogP contribution is 2.58. The quantitative estimate of drug-likeness (QED) is 0.159. The van der Waals surface area contributed by atoms with E-state index in [9.17, 15) is 0 Å². The van der Waals surface area contributed by atoms with Gasteiger partial charge in [-0.1, -0.05) is 176 Å². The van der Waals surface area contributed by atoms with Crippen molar-refractivity contribution in [1.29, 1.82) is 0 Å². The van der Waals surface area contributed by atoms with E-state index in [1.165, 1.54) is 75.4 Å². The summed E-state index contributed by atoms with van der Waals surface area (Å²) in [6.07, 6.45) is 0. The second kappa shape index (κ2) is 15.5. The number of fused-ring (bicyclic) bond motifs is 12. The predicted octanol–water partition coefficient (Wildman–Crippen LogP) is 18.6. The molecule has 4 heteroatoms. The van der Waals surface area contributed by atoms with Crippen molar-refractivity contribution in [1.82, 2.24) is 4.57 Å². The van der Waals surface area contributed by atoms with Gasteiger partial charge in [0, 0.05) is 58.8 Å². The average molecular weight is 923 g/mol. The van der Waals surface area contributed by atoms with E-state index in [1.807, 2.05) is 11.3 Å². The first-order valence-corrected chi connectivity index (χ1v) is 25.1. The minimum atomic E-state index is -0.573. The number of hydrogen-bond donors (Lipinski definition) is 0. The van der Waals surface area contributed by atoms with Crippen LogP contribution in [0, 0.1) is 0 Å². The topological polar surface area (TPSA) is 21.3 Å². The van der Waals surface area contributed by atoms with Gasteiger partial charge in [-0.25, -0.2) is 0 Å². The van der Waals surface area contributed by atoms with Crippen LogP contribution in [0.15, 0.2) is 259 Å². The summed E-state index contributed by atoms with van der Waals surface area (Å²) in [4.78, 5) is 2.46. The standard InChI is InChI=1S/C67H42N2OS/c1-4-18-45(19-5-1)67(46-20-6-2-7-21-46)58-28-14-10-24-50(58)51-35-33-48(41-59(51)67)68(49-34-36-55-54-27-13-17-31-64(54)71-65(55)42-49)62-40-44(39-57-53-26-12-16-30-63(53)70-66(57)62)43-32-37-61-56(38-43)52-25-11-15-29-60(52)69(61)47-22-8-3-9-23-47/h1-42H. The highest BCUT2D eigenvalue weighted by molar-refractivity contribution is 7.25. The largest absolute Gasteiger partial charge is 0.454 e. The van der Waals surface area contributed by atoms with Crippen molar-refractivity contribution < 1.29 is 4.42 Å². The van der Waals surface area contributed by atoms with Gasteiger partial charge >= 0.3 is 0 Å². The Morgan fingerprint density at radius 3 is 1.80 bits per heavy atom. The Hall–Kier alpha value is -8.96. The second-order valence-corrected chi connectivity index (χ2v) is 19.8. The molecule has 0 radical (unpaired) electrons. The molecule has 0 saturated heterocycles. The van der Waals surface area contributed by atoms with E-state index in [2.05, 4.69) is 264 Å². The number of nitrogens with zero attached hydrogens (tertiary/aromatic N) is 2. The summed E-state index contributed by atoms with van der Waals surface area (Å²) < 4.78 is 12.0. The van der Waals surface area contributed by atoms with E-state index in [0.29, 0.717) is 0 Å². The number of rotatable bonds is 7. The summed E-state index contributed by atoms with van der Waals surface area (Å²) in [5, 5.41) is 7.14. The van der Waals surface area contributed by atoms with Gasteiger partial charge in [-0.15, -0.1) is 11.3 Å². The Morgan fingerprint density at radius 1 is 0.380 bits per heavy atom. The van der Waals surface area contributed by atoms with Gasteiger partial charge in [0.15, 0.2) is 5.58 Å². The minimum absolute atomic E-state index is 0.573. The van der Waals surface area contributed by atoms with E-state index in [-0.39, 0.29) is 0 Å². The molecule has 3 aromatic heterocycles. The Labute approximate surface area is 414 Å². The first-order valence-electron chi connectivity index (χ1n) is 24.3. The third-order valence-electron chi connectivity index (χ3n) is 15.0. The SMILES string of the molecule is c1ccc(-n2c3ccccc3c3cc(-c4cc(N(c5ccc6c(c5)C(c5ccccc5)(c5ccccc5)c5ccccc5-6)c5ccc6c(c5)sc5ccccc56)c5oc6ccccc6c5c4)ccc32)cc1. The zero-order chi connectivity index (χ0) is 46.6. The van der Waals surface area contributed by atoms with Crippen molar-refractivity contribution in [3.63, 3.8) is 0 Å². The molecule has 0 fully saturated rings. The molecule has 1 aliphatic rings. The molecule has 0 atom stereocenters. The first kappa shape index (κ1) is 40.0. The van der Waals surface area contributed by atoms with Gasteiger partial charge < -0.3 is 13.9 Å². The Balaban J connectivity index is 1.02. The van der Waals surface area contributed by atoms with Crippen LogP contribution in [0.1, 0.15) is 22.3 Å². The van der Waals surface area contributed by atoms with Crippen molar-refractivity contribution in [2.24, 2.45) is 0 Å². The van der Waals surface area contributed by atoms with Crippen LogP contribution >= 0.6 is 11.3 Å². The maximum atomic E-state index is 7.09. The maximum Gasteiger partial charge on any atom is 0.159 e. The lowest BCUT2D eigenvalue weighted by Gasteiger charge is -2.35. The molecule has 3 nitrogen and oxygen atoms in total. The second-order valence-electron chi connectivity index (χ2n) is 18.8. The summed E-state index contributed by atoms with van der Waals surface area (Å²) in [7, 11) is 0. The Morgan fingerprint density at radius 2 is 0.986 bits per heavy atom. The smallest absolute Gasteiger partial charge is 0.159 e. The molecule has 0 amide bonds. The summed E-state index contributed by atoms with van der Waals surface area (Å²) in [5.74, 6) is 0. The van der Waals surface area contributed by atoms with Crippen molar-refractivity contribution in [2.75, 3.05) is 4.90 Å². The molecule has 0 aliphatic heterocycles. The third kappa shape index (κ3) is 5.89. The lowest BCUT2D eigenvalue weighted by atomic mass is 9.67. The molecule has 0 spiro atoms. The summed E-state index contributed by atoms with van der Waals surface area (Å²) in [6, 6.07) is 93.7. The highest BCUT2D eigenvalue weighted by atomic mass is 32.1. The summed E-state index contributed by atoms with van der Waals surface area (Å²) in [6.45, 7) is 0. The molecule has 11 aromatic carbocycles. The highest BCUT2D eigenvalue weighted by Gasteiger charge is 2.46. The molecule has 332 valence electrons. The van der Waals surface area contributed by atoms with Crippen molar-refractivity contribution in [3.05, 3.63) is 277 Å². The maximum absolute atomic E-state index is 7.09. The van der Waals surface area contributed by atoms with E-state index < -0.39 is 5.41 Å². The molecule has 0 bridgehead atoms. The number of thiophene rings is 1. The zero-order valence-electron chi connectivity index (χ0n) is 38.5. The zero-order valence-corrected chi connectivity index (χ0v) is 39.3. The molecule has 0 unspecified atom stereocenters. The van der Waals surface area contributed by atoms with Gasteiger partial charge in [-0.05, 0) is 123 Å². The van der Waals surface area contributed by atoms with Crippen molar-refractivity contribution in [2.45, 2.75) is 5.41 Å².